The number of hydrogen-bond acceptors (Lipinski definition) is 11. The molecule has 2 aliphatic rings. The van der Waals surface area contributed by atoms with Crippen LogP contribution in [0.1, 0.15) is 16.6 Å². The summed E-state index contributed by atoms with van der Waals surface area (Å²) in [6.07, 6.45) is 0. The Hall–Kier alpha value is -2.59. The number of aromatic nitrogens is 2. The third-order valence-corrected chi connectivity index (χ3v) is 9.76. The van der Waals surface area contributed by atoms with Crippen molar-refractivity contribution >= 4 is 70.3 Å². The summed E-state index contributed by atoms with van der Waals surface area (Å²) in [6.45, 7) is 1.84. The van der Waals surface area contributed by atoms with Gasteiger partial charge in [-0.25, -0.2) is 4.79 Å². The van der Waals surface area contributed by atoms with Gasteiger partial charge in [-0.15, -0.1) is 33.7 Å². The molecule has 0 saturated carbocycles. The van der Waals surface area contributed by atoms with Gasteiger partial charge < -0.3 is 21.9 Å². The van der Waals surface area contributed by atoms with E-state index in [4.69, 9.17) is 11.5 Å². The largest absolute Gasteiger partial charge is 0.477 e. The van der Waals surface area contributed by atoms with Gasteiger partial charge in [-0.05, 0) is 30.2 Å². The number of thioether (sulfide) groups is 3. The van der Waals surface area contributed by atoms with E-state index in [9.17, 15) is 24.3 Å². The zero-order chi connectivity index (χ0) is 26.0. The van der Waals surface area contributed by atoms with Gasteiger partial charge in [-0.2, -0.15) is 0 Å². The molecule has 1 saturated heterocycles. The summed E-state index contributed by atoms with van der Waals surface area (Å²) in [4.78, 5) is 50.7. The van der Waals surface area contributed by atoms with Crippen molar-refractivity contribution in [2.24, 2.45) is 11.5 Å². The molecule has 3 atom stereocenters. The van der Waals surface area contributed by atoms with E-state index in [1.165, 1.54) is 51.5 Å². The van der Waals surface area contributed by atoms with Crippen LogP contribution in [0.5, 0.6) is 0 Å². The molecule has 0 spiro atoms. The quantitative estimate of drug-likeness (QED) is 0.237. The van der Waals surface area contributed by atoms with E-state index < -0.39 is 41.1 Å². The molecule has 6 N–H and O–H groups in total. The fourth-order valence-corrected chi connectivity index (χ4v) is 7.54. The Morgan fingerprint density at radius 2 is 1.97 bits per heavy atom. The molecule has 190 valence electrons. The second kappa shape index (κ2) is 11.2. The van der Waals surface area contributed by atoms with Gasteiger partial charge in [0.25, 0.3) is 5.91 Å². The zero-order valence-corrected chi connectivity index (χ0v) is 22.1. The molecule has 3 amide bonds. The first-order valence-electron chi connectivity index (χ1n) is 10.6. The van der Waals surface area contributed by atoms with E-state index in [1.807, 2.05) is 6.92 Å². The van der Waals surface area contributed by atoms with Crippen LogP contribution in [0.4, 0.5) is 0 Å². The summed E-state index contributed by atoms with van der Waals surface area (Å²) in [5.41, 5.74) is 12.4. The smallest absolute Gasteiger partial charge is 0.352 e. The number of nitrogens with zero attached hydrogens (tertiary/aromatic N) is 3. The first-order valence-corrected chi connectivity index (χ1v) is 14.4. The van der Waals surface area contributed by atoms with Gasteiger partial charge in [0.1, 0.15) is 28.2 Å². The molecule has 3 heterocycles. The Balaban J connectivity index is 1.39. The molecule has 11 nitrogen and oxygen atoms in total. The van der Waals surface area contributed by atoms with Crippen molar-refractivity contribution in [3.8, 4) is 0 Å². The van der Waals surface area contributed by atoms with Crippen molar-refractivity contribution in [2.75, 3.05) is 17.3 Å². The number of aryl methyl sites for hydroxylation is 1. The predicted molar refractivity (Wildman–Crippen MR) is 138 cm³/mol. The van der Waals surface area contributed by atoms with Crippen LogP contribution in [-0.4, -0.2) is 72.6 Å². The summed E-state index contributed by atoms with van der Waals surface area (Å²) in [7, 11) is 0. The molecule has 2 unspecified atom stereocenters. The molecular weight excluding hydrogens is 545 g/mol. The summed E-state index contributed by atoms with van der Waals surface area (Å²) in [6, 6.07) is 4.92. The van der Waals surface area contributed by atoms with Crippen LogP contribution in [0.25, 0.3) is 0 Å². The topological polar surface area (TPSA) is 182 Å². The molecule has 1 fully saturated rings. The number of nitrogens with one attached hydrogen (secondary N) is 1. The number of hydrogen-bond donors (Lipinski definition) is 4. The third-order valence-electron chi connectivity index (χ3n) is 5.33. The first kappa shape index (κ1) is 26.5. The van der Waals surface area contributed by atoms with Gasteiger partial charge in [0.05, 0.1) is 5.75 Å². The van der Waals surface area contributed by atoms with E-state index in [-0.39, 0.29) is 11.4 Å². The van der Waals surface area contributed by atoms with Crippen LogP contribution in [-0.2, 0) is 19.2 Å². The second-order valence-electron chi connectivity index (χ2n) is 7.83. The van der Waals surface area contributed by atoms with Crippen molar-refractivity contribution in [3.63, 3.8) is 0 Å². The Morgan fingerprint density at radius 3 is 2.58 bits per heavy atom. The van der Waals surface area contributed by atoms with Crippen LogP contribution in [0, 0.1) is 6.92 Å². The lowest BCUT2D eigenvalue weighted by Crippen LogP contribution is -2.71. The summed E-state index contributed by atoms with van der Waals surface area (Å²) in [5.74, 6) is -1.73. The Kier molecular flexibility index (Phi) is 8.24. The monoisotopic (exact) mass is 566 g/mol. The van der Waals surface area contributed by atoms with Crippen LogP contribution in [0.3, 0.4) is 0 Å². The standard InChI is InChI=1S/C21H22N6O5S4/c1-9-25-26-21(36-9)35-7-11-6-34-19-15(18(30)27(19)16(11)20(31)32)24-17(29)14(23)10-2-4-12(5-3-10)33-8-13(22)28/h2-5,14-15,19H,6-8,23H2,1H3,(H2,22,28)(H,24,29)(H,31,32)/t14?,15?,19-/m0/s1. The molecule has 1 aromatic carbocycles. The maximum Gasteiger partial charge on any atom is 0.352 e. The number of β-lactam (4-membered cyclic amide) rings is 1. The highest BCUT2D eigenvalue weighted by atomic mass is 32.2. The van der Waals surface area contributed by atoms with Crippen LogP contribution in [0.2, 0.25) is 0 Å². The Morgan fingerprint density at radius 1 is 1.25 bits per heavy atom. The minimum absolute atomic E-state index is 0.0451. The van der Waals surface area contributed by atoms with E-state index in [0.717, 1.165) is 14.2 Å². The van der Waals surface area contributed by atoms with E-state index >= 15 is 0 Å². The van der Waals surface area contributed by atoms with Crippen molar-refractivity contribution in [1.29, 1.82) is 0 Å². The lowest BCUT2D eigenvalue weighted by molar-refractivity contribution is -0.150. The third kappa shape index (κ3) is 5.70. The van der Waals surface area contributed by atoms with Crippen molar-refractivity contribution in [1.82, 2.24) is 20.4 Å². The van der Waals surface area contributed by atoms with Gasteiger partial charge in [-0.3, -0.25) is 19.3 Å². The Bertz CT molecular complexity index is 1230. The van der Waals surface area contributed by atoms with Gasteiger partial charge >= 0.3 is 5.97 Å². The zero-order valence-electron chi connectivity index (χ0n) is 18.9. The van der Waals surface area contributed by atoms with E-state index in [1.54, 1.807) is 24.3 Å². The number of rotatable bonds is 10. The van der Waals surface area contributed by atoms with Crippen LogP contribution >= 0.6 is 46.6 Å². The molecule has 0 radical (unpaired) electrons. The molecule has 2 aromatic rings. The molecular formula is C21H22N6O5S4. The fraction of sp³-hybridized carbons (Fsp3) is 0.333. The van der Waals surface area contributed by atoms with E-state index in [2.05, 4.69) is 15.5 Å². The van der Waals surface area contributed by atoms with Gasteiger partial charge in [-0.1, -0.05) is 35.2 Å². The lowest BCUT2D eigenvalue weighted by atomic mass is 10.0. The number of aliphatic carboxylic acids is 1. The summed E-state index contributed by atoms with van der Waals surface area (Å²) in [5, 5.41) is 20.8. The molecule has 0 bridgehead atoms. The molecule has 2 aliphatic heterocycles. The number of nitrogens with two attached hydrogens (primary N) is 2. The number of carbonyl (C=O) groups is 4. The Labute approximate surface area is 222 Å². The number of carbonyl (C=O) groups excluding carboxylic acids is 3. The summed E-state index contributed by atoms with van der Waals surface area (Å²) >= 11 is 5.46. The molecule has 0 aliphatic carbocycles. The number of carboxylic acids is 1. The molecule has 36 heavy (non-hydrogen) atoms. The van der Waals surface area contributed by atoms with Crippen molar-refractivity contribution in [3.05, 3.63) is 46.1 Å². The number of benzene rings is 1. The first-order chi connectivity index (χ1) is 17.2. The molecule has 1 aromatic heterocycles. The molecule has 15 heteroatoms. The maximum atomic E-state index is 12.9. The van der Waals surface area contributed by atoms with Crippen molar-refractivity contribution in [2.45, 2.75) is 33.6 Å². The van der Waals surface area contributed by atoms with Gasteiger partial charge in [0, 0.05) is 16.4 Å². The number of amides is 3. The van der Waals surface area contributed by atoms with Gasteiger partial charge in [0.15, 0.2) is 4.34 Å². The minimum Gasteiger partial charge on any atom is -0.477 e. The normalized spacial score (nSPS) is 19.9. The highest BCUT2D eigenvalue weighted by Crippen LogP contribution is 2.42. The van der Waals surface area contributed by atoms with Crippen LogP contribution in [0.15, 0.2) is 44.8 Å². The van der Waals surface area contributed by atoms with Crippen molar-refractivity contribution < 1.29 is 24.3 Å². The highest BCUT2D eigenvalue weighted by Gasteiger charge is 2.54. The van der Waals surface area contributed by atoms with E-state index in [0.29, 0.717) is 22.6 Å². The maximum absolute atomic E-state index is 12.9. The molecule has 4 rings (SSSR count). The predicted octanol–water partition coefficient (Wildman–Crippen LogP) is 0.955. The highest BCUT2D eigenvalue weighted by molar-refractivity contribution is 8.02. The fourth-order valence-electron chi connectivity index (χ4n) is 3.60. The number of primary amides is 1. The average Bonchev–Trinajstić information content (AvgIpc) is 3.28. The summed E-state index contributed by atoms with van der Waals surface area (Å²) < 4.78 is 0.727. The second-order valence-corrected chi connectivity index (χ2v) is 12.4. The number of fused-ring (bicyclic) bond motifs is 1. The average molecular weight is 567 g/mol. The lowest BCUT2D eigenvalue weighted by Gasteiger charge is -2.49. The van der Waals surface area contributed by atoms with Crippen LogP contribution < -0.4 is 16.8 Å². The minimum atomic E-state index is -1.19. The van der Waals surface area contributed by atoms with Gasteiger partial charge in [0.2, 0.25) is 11.8 Å². The number of carboxylic acid groups (broad SMARTS) is 1. The SMILES string of the molecule is Cc1nnc(SCC2=C(C(=O)O)N3C(=O)C(NC(=O)C(N)c4ccc(SCC(N)=O)cc4)[C@@H]3SC2)s1.